The van der Waals surface area contributed by atoms with E-state index < -0.39 is 34.0 Å². The predicted octanol–water partition coefficient (Wildman–Crippen LogP) is 1.36. The highest BCUT2D eigenvalue weighted by Gasteiger charge is 2.26. The van der Waals surface area contributed by atoms with Gasteiger partial charge < -0.3 is 14.8 Å². The summed E-state index contributed by atoms with van der Waals surface area (Å²) in [6, 6.07) is 1.92. The lowest BCUT2D eigenvalue weighted by molar-refractivity contribution is -0.156. The van der Waals surface area contributed by atoms with Gasteiger partial charge in [-0.05, 0) is 39.3 Å². The number of carbonyl (C=O) groups excluding carboxylic acids is 3. The number of hydrogen-bond acceptors (Lipinski definition) is 9. The normalized spacial score (nSPS) is 12.0. The SMILES string of the molecule is COC(=O)CCc1ccc(C(=O)NC[C@H](N=S(=O)=O)C(=O)OC(C)(C)C)s1. The van der Waals surface area contributed by atoms with Gasteiger partial charge in [0.15, 0.2) is 6.04 Å². The van der Waals surface area contributed by atoms with Gasteiger partial charge in [-0.1, -0.05) is 0 Å². The van der Waals surface area contributed by atoms with E-state index in [2.05, 4.69) is 14.4 Å². The van der Waals surface area contributed by atoms with E-state index in [0.29, 0.717) is 11.3 Å². The number of thiophene rings is 1. The lowest BCUT2D eigenvalue weighted by Crippen LogP contribution is -2.39. The zero-order valence-electron chi connectivity index (χ0n) is 15.5. The minimum Gasteiger partial charge on any atom is -0.469 e. The van der Waals surface area contributed by atoms with Crippen LogP contribution in [0.2, 0.25) is 0 Å². The Hall–Kier alpha value is -2.27. The molecular formula is C16H22N2O7S2. The number of carbonyl (C=O) groups is 3. The van der Waals surface area contributed by atoms with Crippen LogP contribution in [0.25, 0.3) is 0 Å². The molecule has 27 heavy (non-hydrogen) atoms. The summed E-state index contributed by atoms with van der Waals surface area (Å²) in [6.45, 7) is 4.58. The molecule has 0 bridgehead atoms. The molecule has 1 aromatic heterocycles. The number of amides is 1. The van der Waals surface area contributed by atoms with Gasteiger partial charge in [-0.3, -0.25) is 9.59 Å². The van der Waals surface area contributed by atoms with Crippen LogP contribution in [0.1, 0.15) is 41.7 Å². The molecule has 1 amide bonds. The molecule has 1 N–H and O–H groups in total. The number of ether oxygens (including phenoxy) is 2. The third-order valence-corrected chi connectivity index (χ3v) is 4.61. The van der Waals surface area contributed by atoms with E-state index in [0.717, 1.165) is 4.88 Å². The van der Waals surface area contributed by atoms with E-state index in [1.54, 1.807) is 32.9 Å². The number of nitrogens with one attached hydrogen (secondary N) is 1. The van der Waals surface area contributed by atoms with Crippen LogP contribution in [0, 0.1) is 0 Å². The monoisotopic (exact) mass is 418 g/mol. The van der Waals surface area contributed by atoms with Crippen molar-refractivity contribution in [2.75, 3.05) is 13.7 Å². The van der Waals surface area contributed by atoms with Gasteiger partial charge in [-0.2, -0.15) is 12.8 Å². The maximum absolute atomic E-state index is 12.2. The second-order valence-corrected chi connectivity index (χ2v) is 8.24. The Balaban J connectivity index is 2.71. The smallest absolute Gasteiger partial charge is 0.334 e. The number of hydrogen-bond donors (Lipinski definition) is 1. The standard InChI is InChI=1S/C16H22N2O7S2/c1-16(2,3)25-15(21)11(18-27(22)23)9-17-14(20)12-7-5-10(26-12)6-8-13(19)24-4/h5,7,11H,6,8-9H2,1-4H3,(H,17,20)/t11-/m0/s1. The average Bonchev–Trinajstić information content (AvgIpc) is 3.03. The summed E-state index contributed by atoms with van der Waals surface area (Å²) in [4.78, 5) is 36.6. The maximum atomic E-state index is 12.2. The highest BCUT2D eigenvalue weighted by Crippen LogP contribution is 2.18. The number of esters is 2. The van der Waals surface area contributed by atoms with E-state index in [1.165, 1.54) is 18.4 Å². The van der Waals surface area contributed by atoms with Crippen LogP contribution >= 0.6 is 11.3 Å². The molecule has 1 aromatic rings. The summed E-state index contributed by atoms with van der Waals surface area (Å²) in [7, 11) is -1.52. The zero-order valence-corrected chi connectivity index (χ0v) is 17.1. The van der Waals surface area contributed by atoms with Crippen LogP contribution in [-0.2, 0) is 36.0 Å². The summed E-state index contributed by atoms with van der Waals surface area (Å²) in [5, 5.41) is 2.47. The molecule has 11 heteroatoms. The Labute approximate surface area is 162 Å². The topological polar surface area (TPSA) is 128 Å². The van der Waals surface area contributed by atoms with Crippen molar-refractivity contribution in [3.05, 3.63) is 21.9 Å². The fourth-order valence-corrected chi connectivity index (χ4v) is 3.17. The van der Waals surface area contributed by atoms with Crippen molar-refractivity contribution < 1.29 is 32.3 Å². The molecule has 0 spiro atoms. The zero-order chi connectivity index (χ0) is 20.6. The van der Waals surface area contributed by atoms with E-state index in [1.807, 2.05) is 0 Å². The van der Waals surface area contributed by atoms with Crippen LogP contribution in [0.3, 0.4) is 0 Å². The Bertz CT molecular complexity index is 814. The molecule has 0 unspecified atom stereocenters. The third-order valence-electron chi connectivity index (χ3n) is 3.04. The van der Waals surface area contributed by atoms with Crippen LogP contribution in [0.5, 0.6) is 0 Å². The van der Waals surface area contributed by atoms with Gasteiger partial charge in [0.25, 0.3) is 5.91 Å². The first-order valence-electron chi connectivity index (χ1n) is 7.98. The molecule has 1 heterocycles. The highest BCUT2D eigenvalue weighted by atomic mass is 32.2. The van der Waals surface area contributed by atoms with Crippen LogP contribution < -0.4 is 5.32 Å². The largest absolute Gasteiger partial charge is 0.469 e. The summed E-state index contributed by atoms with van der Waals surface area (Å²) in [5.41, 5.74) is -0.818. The van der Waals surface area contributed by atoms with Crippen molar-refractivity contribution in [3.63, 3.8) is 0 Å². The Morgan fingerprint density at radius 2 is 1.93 bits per heavy atom. The molecule has 1 atom stereocenters. The van der Waals surface area contributed by atoms with E-state index in [4.69, 9.17) is 4.74 Å². The van der Waals surface area contributed by atoms with Crippen LogP contribution in [0.15, 0.2) is 16.5 Å². The van der Waals surface area contributed by atoms with Gasteiger partial charge >= 0.3 is 22.4 Å². The van der Waals surface area contributed by atoms with Crippen molar-refractivity contribution in [2.24, 2.45) is 4.36 Å². The van der Waals surface area contributed by atoms with Gasteiger partial charge in [-0.25, -0.2) is 4.79 Å². The third kappa shape index (κ3) is 8.78. The summed E-state index contributed by atoms with van der Waals surface area (Å²) >= 11 is 1.19. The molecule has 150 valence electrons. The second-order valence-electron chi connectivity index (χ2n) is 6.42. The van der Waals surface area contributed by atoms with E-state index >= 15 is 0 Å². The van der Waals surface area contributed by atoms with Crippen molar-refractivity contribution >= 4 is 39.7 Å². The van der Waals surface area contributed by atoms with Crippen molar-refractivity contribution in [2.45, 2.75) is 45.3 Å². The number of methoxy groups -OCH3 is 1. The van der Waals surface area contributed by atoms with Crippen molar-refractivity contribution in [1.29, 1.82) is 0 Å². The molecular weight excluding hydrogens is 396 g/mol. The molecule has 0 aliphatic carbocycles. The quantitative estimate of drug-likeness (QED) is 0.631. The fraction of sp³-hybridized carbons (Fsp3) is 0.562. The molecule has 0 aliphatic heterocycles. The minimum atomic E-state index is -2.83. The fourth-order valence-electron chi connectivity index (χ4n) is 1.88. The molecule has 0 radical (unpaired) electrons. The van der Waals surface area contributed by atoms with Gasteiger partial charge in [0.05, 0.1) is 25.0 Å². The molecule has 0 saturated carbocycles. The lowest BCUT2D eigenvalue weighted by atomic mass is 10.2. The lowest BCUT2D eigenvalue weighted by Gasteiger charge is -2.21. The maximum Gasteiger partial charge on any atom is 0.334 e. The van der Waals surface area contributed by atoms with Gasteiger partial charge in [0.1, 0.15) is 5.60 Å². The highest BCUT2D eigenvalue weighted by molar-refractivity contribution is 7.61. The number of rotatable bonds is 8. The van der Waals surface area contributed by atoms with Crippen LogP contribution in [0.4, 0.5) is 0 Å². The average molecular weight is 418 g/mol. The van der Waals surface area contributed by atoms with E-state index in [-0.39, 0.29) is 18.9 Å². The first-order valence-corrected chi connectivity index (χ1v) is 9.83. The Morgan fingerprint density at radius 1 is 1.26 bits per heavy atom. The Kier molecular flexibility index (Phi) is 8.57. The second kappa shape index (κ2) is 10.2. The van der Waals surface area contributed by atoms with Gasteiger partial charge in [-0.15, -0.1) is 11.3 Å². The first kappa shape index (κ1) is 22.8. The van der Waals surface area contributed by atoms with Gasteiger partial charge in [0, 0.05) is 4.88 Å². The molecule has 0 fully saturated rings. The summed E-state index contributed by atoms with van der Waals surface area (Å²) in [6.07, 6.45) is 0.642. The number of nitrogens with zero attached hydrogens (tertiary/aromatic N) is 1. The summed E-state index contributed by atoms with van der Waals surface area (Å²) in [5.74, 6) is -1.68. The van der Waals surface area contributed by atoms with Crippen molar-refractivity contribution in [1.82, 2.24) is 5.32 Å². The molecule has 1 rings (SSSR count). The molecule has 0 aromatic carbocycles. The number of aryl methyl sites for hydroxylation is 1. The first-order chi connectivity index (χ1) is 12.5. The Morgan fingerprint density at radius 3 is 2.48 bits per heavy atom. The molecule has 0 saturated heterocycles. The van der Waals surface area contributed by atoms with Gasteiger partial charge in [0.2, 0.25) is 0 Å². The molecule has 0 aliphatic rings. The van der Waals surface area contributed by atoms with E-state index in [9.17, 15) is 22.8 Å². The minimum absolute atomic E-state index is 0.201. The van der Waals surface area contributed by atoms with Crippen LogP contribution in [-0.4, -0.2) is 51.6 Å². The predicted molar refractivity (Wildman–Crippen MR) is 98.0 cm³/mol. The molecule has 9 nitrogen and oxygen atoms in total. The summed E-state index contributed by atoms with van der Waals surface area (Å²) < 4.78 is 34.6. The van der Waals surface area contributed by atoms with Crippen molar-refractivity contribution in [3.8, 4) is 0 Å².